The molecule has 2 aromatic carbocycles. The van der Waals surface area contributed by atoms with Gasteiger partial charge in [0.25, 0.3) is 0 Å². The molecule has 0 atom stereocenters. The number of halogens is 1. The molecule has 1 aromatic heterocycles. The Labute approximate surface area is 181 Å². The molecular weight excluding hydrogens is 394 g/mol. The van der Waals surface area contributed by atoms with Crippen LogP contribution in [-0.4, -0.2) is 21.7 Å². The van der Waals surface area contributed by atoms with Crippen LogP contribution in [0, 0.1) is 11.3 Å². The summed E-state index contributed by atoms with van der Waals surface area (Å²) in [5.74, 6) is 0.0525. The zero-order chi connectivity index (χ0) is 20.9. The van der Waals surface area contributed by atoms with Crippen molar-refractivity contribution in [3.8, 4) is 6.07 Å². The number of hydrogen-bond donors (Lipinski definition) is 0. The minimum Gasteiger partial charge on any atom is -0.294 e. The number of hydrogen-bond acceptors (Lipinski definition) is 4. The van der Waals surface area contributed by atoms with Gasteiger partial charge in [0.2, 0.25) is 0 Å². The molecule has 0 radical (unpaired) electrons. The summed E-state index contributed by atoms with van der Waals surface area (Å²) in [7, 11) is 0. The summed E-state index contributed by atoms with van der Waals surface area (Å²) in [6.45, 7) is 1.57. The second kappa shape index (κ2) is 9.21. The van der Waals surface area contributed by atoms with Gasteiger partial charge in [0.05, 0.1) is 11.6 Å². The number of nitriles is 1. The molecule has 0 saturated heterocycles. The topological polar surface area (TPSA) is 57.0 Å². The highest BCUT2D eigenvalue weighted by atomic mass is 35.5. The third-order valence-corrected chi connectivity index (χ3v) is 5.56. The first-order valence-corrected chi connectivity index (χ1v) is 10.4. The SMILES string of the molecule is N#Cc1ccc(CN(Cc2cncc(C(=O)Cc3ccc(Cl)cc3)c2)C2CC2)cc1. The highest BCUT2D eigenvalue weighted by Gasteiger charge is 2.29. The number of carbonyl (C=O) groups is 1. The van der Waals surface area contributed by atoms with Crippen molar-refractivity contribution in [3.63, 3.8) is 0 Å². The average Bonchev–Trinajstić information content (AvgIpc) is 3.61. The van der Waals surface area contributed by atoms with Crippen molar-refractivity contribution in [1.82, 2.24) is 9.88 Å². The maximum atomic E-state index is 12.7. The molecule has 150 valence electrons. The molecule has 5 heteroatoms. The fourth-order valence-electron chi connectivity index (χ4n) is 3.52. The summed E-state index contributed by atoms with van der Waals surface area (Å²) >= 11 is 5.92. The zero-order valence-electron chi connectivity index (χ0n) is 16.6. The number of carbonyl (C=O) groups excluding carboxylic acids is 1. The zero-order valence-corrected chi connectivity index (χ0v) is 17.3. The summed E-state index contributed by atoms with van der Waals surface area (Å²) < 4.78 is 0. The Kier molecular flexibility index (Phi) is 6.23. The largest absolute Gasteiger partial charge is 0.294 e. The highest BCUT2D eigenvalue weighted by Crippen LogP contribution is 2.30. The van der Waals surface area contributed by atoms with E-state index < -0.39 is 0 Å². The molecule has 1 aliphatic rings. The van der Waals surface area contributed by atoms with Crippen LogP contribution in [0.15, 0.2) is 67.0 Å². The number of rotatable bonds is 8. The van der Waals surface area contributed by atoms with E-state index in [1.807, 2.05) is 48.7 Å². The summed E-state index contributed by atoms with van der Waals surface area (Å²) in [6, 6.07) is 19.8. The van der Waals surface area contributed by atoms with Gasteiger partial charge in [-0.1, -0.05) is 35.9 Å². The van der Waals surface area contributed by atoms with E-state index >= 15 is 0 Å². The number of benzene rings is 2. The van der Waals surface area contributed by atoms with Crippen LogP contribution in [0.1, 0.15) is 45.5 Å². The van der Waals surface area contributed by atoms with E-state index in [9.17, 15) is 4.79 Å². The molecule has 1 aliphatic carbocycles. The van der Waals surface area contributed by atoms with E-state index in [-0.39, 0.29) is 5.78 Å². The lowest BCUT2D eigenvalue weighted by Crippen LogP contribution is -2.25. The summed E-state index contributed by atoms with van der Waals surface area (Å²) in [5, 5.41) is 9.64. The van der Waals surface area contributed by atoms with E-state index in [0.717, 1.165) is 24.2 Å². The number of nitrogens with zero attached hydrogens (tertiary/aromatic N) is 3. The monoisotopic (exact) mass is 415 g/mol. The maximum absolute atomic E-state index is 12.7. The maximum Gasteiger partial charge on any atom is 0.168 e. The van der Waals surface area contributed by atoms with Gasteiger partial charge >= 0.3 is 0 Å². The molecule has 3 aromatic rings. The second-order valence-corrected chi connectivity index (χ2v) is 8.19. The first-order chi connectivity index (χ1) is 14.6. The minimum atomic E-state index is 0.0525. The van der Waals surface area contributed by atoms with E-state index in [1.54, 1.807) is 18.3 Å². The van der Waals surface area contributed by atoms with Crippen LogP contribution in [-0.2, 0) is 19.5 Å². The van der Waals surface area contributed by atoms with Crippen LogP contribution in [0.2, 0.25) is 5.02 Å². The van der Waals surface area contributed by atoms with Gasteiger partial charge < -0.3 is 0 Å². The molecule has 0 spiro atoms. The van der Waals surface area contributed by atoms with Crippen LogP contribution in [0.5, 0.6) is 0 Å². The number of pyridine rings is 1. The first kappa shape index (κ1) is 20.3. The molecule has 0 unspecified atom stereocenters. The molecule has 30 heavy (non-hydrogen) atoms. The van der Waals surface area contributed by atoms with Crippen molar-refractivity contribution in [2.75, 3.05) is 0 Å². The van der Waals surface area contributed by atoms with Crippen molar-refractivity contribution < 1.29 is 4.79 Å². The van der Waals surface area contributed by atoms with Crippen molar-refractivity contribution in [1.29, 1.82) is 5.26 Å². The Morgan fingerprint density at radius 3 is 2.33 bits per heavy atom. The molecule has 1 heterocycles. The predicted molar refractivity (Wildman–Crippen MR) is 117 cm³/mol. The van der Waals surface area contributed by atoms with Crippen LogP contribution < -0.4 is 0 Å². The summed E-state index contributed by atoms with van der Waals surface area (Å²) in [5.41, 5.74) is 4.47. The highest BCUT2D eigenvalue weighted by molar-refractivity contribution is 6.30. The fourth-order valence-corrected chi connectivity index (χ4v) is 3.65. The van der Waals surface area contributed by atoms with E-state index in [4.69, 9.17) is 16.9 Å². The molecule has 0 bridgehead atoms. The molecule has 4 rings (SSSR count). The van der Waals surface area contributed by atoms with Crippen LogP contribution in [0.3, 0.4) is 0 Å². The van der Waals surface area contributed by atoms with Gasteiger partial charge in [-0.25, -0.2) is 0 Å². The van der Waals surface area contributed by atoms with Gasteiger partial charge in [0.1, 0.15) is 0 Å². The predicted octanol–water partition coefficient (Wildman–Crippen LogP) is 5.20. The lowest BCUT2D eigenvalue weighted by atomic mass is 10.0. The Balaban J connectivity index is 1.44. The Morgan fingerprint density at radius 1 is 1.00 bits per heavy atom. The number of aromatic nitrogens is 1. The average molecular weight is 416 g/mol. The lowest BCUT2D eigenvalue weighted by molar-refractivity contribution is 0.0992. The summed E-state index contributed by atoms with van der Waals surface area (Å²) in [4.78, 5) is 19.5. The van der Waals surface area contributed by atoms with E-state index in [0.29, 0.717) is 28.6 Å². The molecule has 0 N–H and O–H groups in total. The fraction of sp³-hybridized carbons (Fsp3) is 0.240. The van der Waals surface area contributed by atoms with E-state index in [1.165, 1.54) is 18.4 Å². The van der Waals surface area contributed by atoms with Crippen molar-refractivity contribution in [3.05, 3.63) is 99.8 Å². The first-order valence-electron chi connectivity index (χ1n) is 10.1. The normalized spacial score (nSPS) is 13.2. The second-order valence-electron chi connectivity index (χ2n) is 7.75. The summed E-state index contributed by atoms with van der Waals surface area (Å²) in [6.07, 6.45) is 6.20. The Hall–Kier alpha value is -3.00. The van der Waals surface area contributed by atoms with Gasteiger partial charge in [0.15, 0.2) is 5.78 Å². The van der Waals surface area contributed by atoms with Crippen molar-refractivity contribution in [2.24, 2.45) is 0 Å². The third-order valence-electron chi connectivity index (χ3n) is 5.31. The van der Waals surface area contributed by atoms with E-state index in [2.05, 4.69) is 16.0 Å². The Morgan fingerprint density at radius 2 is 1.67 bits per heavy atom. The molecular formula is C25H22ClN3O. The lowest BCUT2D eigenvalue weighted by Gasteiger charge is -2.22. The Bertz CT molecular complexity index is 1070. The van der Waals surface area contributed by atoms with Gasteiger partial charge in [-0.05, 0) is 59.9 Å². The standard InChI is InChI=1S/C25H22ClN3O/c26-23-7-5-18(6-8-23)12-25(30)22-11-21(14-28-15-22)17-29(24-9-10-24)16-20-3-1-19(13-27)2-4-20/h1-8,11,14-15,24H,9-10,12,16-17H2. The van der Waals surface area contributed by atoms with Crippen LogP contribution in [0.25, 0.3) is 0 Å². The van der Waals surface area contributed by atoms with Gasteiger partial charge in [-0.3, -0.25) is 14.7 Å². The molecule has 1 fully saturated rings. The van der Waals surface area contributed by atoms with Crippen molar-refractivity contribution in [2.45, 2.75) is 38.4 Å². The number of ketones is 1. The third kappa shape index (κ3) is 5.33. The smallest absolute Gasteiger partial charge is 0.168 e. The van der Waals surface area contributed by atoms with Gasteiger partial charge in [0, 0.05) is 48.5 Å². The molecule has 0 amide bonds. The molecule has 0 aliphatic heterocycles. The molecule has 1 saturated carbocycles. The van der Waals surface area contributed by atoms with Crippen LogP contribution >= 0.6 is 11.6 Å². The minimum absolute atomic E-state index is 0.0525. The van der Waals surface area contributed by atoms with Gasteiger partial charge in [-0.2, -0.15) is 5.26 Å². The van der Waals surface area contributed by atoms with Gasteiger partial charge in [-0.15, -0.1) is 0 Å². The number of Topliss-reactive ketones (excluding diaryl/α,β-unsaturated/α-hetero) is 1. The van der Waals surface area contributed by atoms with Crippen LogP contribution in [0.4, 0.5) is 0 Å². The molecule has 4 nitrogen and oxygen atoms in total. The van der Waals surface area contributed by atoms with Crippen molar-refractivity contribution >= 4 is 17.4 Å². The quantitative estimate of drug-likeness (QED) is 0.474.